The summed E-state index contributed by atoms with van der Waals surface area (Å²) >= 11 is 0. The first-order chi connectivity index (χ1) is 13.1. The lowest BCUT2D eigenvalue weighted by Gasteiger charge is -2.32. The van der Waals surface area contributed by atoms with Crippen molar-refractivity contribution in [2.45, 2.75) is 25.4 Å². The second kappa shape index (κ2) is 7.40. The second-order valence-corrected chi connectivity index (χ2v) is 7.12. The van der Waals surface area contributed by atoms with E-state index in [1.54, 1.807) is 25.2 Å². The molecule has 27 heavy (non-hydrogen) atoms. The van der Waals surface area contributed by atoms with Crippen molar-refractivity contribution in [1.82, 2.24) is 14.8 Å². The maximum atomic E-state index is 12.6. The first-order valence-electron chi connectivity index (χ1n) is 9.27. The van der Waals surface area contributed by atoms with E-state index >= 15 is 0 Å². The molecule has 3 aromatic rings. The van der Waals surface area contributed by atoms with Crippen LogP contribution < -0.4 is 11.1 Å². The lowest BCUT2D eigenvalue weighted by Crippen LogP contribution is -2.44. The molecule has 1 fully saturated rings. The largest absolute Gasteiger partial charge is 0.419 e. The van der Waals surface area contributed by atoms with E-state index in [1.807, 2.05) is 6.07 Å². The fraction of sp³-hybridized carbons (Fsp3) is 0.333. The fourth-order valence-corrected chi connectivity index (χ4v) is 3.61. The zero-order valence-corrected chi connectivity index (χ0v) is 15.4. The third-order valence-electron chi connectivity index (χ3n) is 5.23. The van der Waals surface area contributed by atoms with Crippen molar-refractivity contribution in [3.05, 3.63) is 70.2 Å². The van der Waals surface area contributed by atoms with E-state index in [2.05, 4.69) is 34.5 Å². The Labute approximate surface area is 157 Å². The van der Waals surface area contributed by atoms with Crippen LogP contribution in [0.25, 0.3) is 11.1 Å². The van der Waals surface area contributed by atoms with Crippen molar-refractivity contribution < 1.29 is 9.21 Å². The van der Waals surface area contributed by atoms with Gasteiger partial charge in [0.05, 0.1) is 5.52 Å². The average molecular weight is 365 g/mol. The van der Waals surface area contributed by atoms with Gasteiger partial charge in [-0.05, 0) is 36.6 Å². The number of nitrogens with one attached hydrogen (secondary N) is 1. The molecule has 0 atom stereocenters. The number of oxazole rings is 1. The van der Waals surface area contributed by atoms with E-state index in [1.165, 1.54) is 10.1 Å². The van der Waals surface area contributed by atoms with E-state index in [0.717, 1.165) is 32.5 Å². The van der Waals surface area contributed by atoms with Crippen molar-refractivity contribution >= 4 is 17.0 Å². The topological polar surface area (TPSA) is 67.5 Å². The van der Waals surface area contributed by atoms with Crippen LogP contribution in [0.1, 0.15) is 28.8 Å². The average Bonchev–Trinajstić information content (AvgIpc) is 2.98. The van der Waals surface area contributed by atoms with Crippen LogP contribution >= 0.6 is 0 Å². The number of likely N-dealkylation sites (tertiary alicyclic amines) is 1. The zero-order valence-electron chi connectivity index (χ0n) is 15.4. The Hall–Kier alpha value is -2.86. The lowest BCUT2D eigenvalue weighted by atomic mass is 10.0. The minimum Gasteiger partial charge on any atom is -0.408 e. The summed E-state index contributed by atoms with van der Waals surface area (Å²) in [6.45, 7) is 2.89. The first-order valence-corrected chi connectivity index (χ1v) is 9.27. The highest BCUT2D eigenvalue weighted by Crippen LogP contribution is 2.17. The van der Waals surface area contributed by atoms with E-state index in [9.17, 15) is 9.59 Å². The molecule has 2 heterocycles. The number of carbonyl (C=O) groups is 1. The number of aromatic nitrogens is 1. The van der Waals surface area contributed by atoms with Gasteiger partial charge in [-0.3, -0.25) is 14.3 Å². The summed E-state index contributed by atoms with van der Waals surface area (Å²) in [5, 5.41) is 3.13. The van der Waals surface area contributed by atoms with Gasteiger partial charge in [0.1, 0.15) is 0 Å². The Balaban J connectivity index is 1.35. The number of hydrogen-bond donors (Lipinski definition) is 1. The summed E-state index contributed by atoms with van der Waals surface area (Å²) in [5.74, 6) is -0.527. The van der Waals surface area contributed by atoms with Crippen molar-refractivity contribution in [3.63, 3.8) is 0 Å². The minimum absolute atomic E-state index is 0.105. The van der Waals surface area contributed by atoms with Crippen molar-refractivity contribution in [2.24, 2.45) is 7.05 Å². The molecule has 140 valence electrons. The van der Waals surface area contributed by atoms with Gasteiger partial charge < -0.3 is 9.73 Å². The number of aryl methyl sites for hydroxylation is 1. The Morgan fingerprint density at radius 3 is 2.63 bits per heavy atom. The van der Waals surface area contributed by atoms with Crippen LogP contribution in [-0.2, 0) is 13.6 Å². The van der Waals surface area contributed by atoms with Gasteiger partial charge in [0.15, 0.2) is 5.58 Å². The summed E-state index contributed by atoms with van der Waals surface area (Å²) < 4.78 is 6.53. The molecule has 1 aromatic heterocycles. The quantitative estimate of drug-likeness (QED) is 0.771. The molecular formula is C21H23N3O3. The van der Waals surface area contributed by atoms with Crippen molar-refractivity contribution in [2.75, 3.05) is 13.1 Å². The molecule has 0 spiro atoms. The fourth-order valence-electron chi connectivity index (χ4n) is 3.61. The van der Waals surface area contributed by atoms with Gasteiger partial charge in [-0.25, -0.2) is 4.79 Å². The molecule has 0 bridgehead atoms. The molecule has 6 nitrogen and oxygen atoms in total. The maximum Gasteiger partial charge on any atom is 0.419 e. The standard InChI is InChI=1S/C21H23N3O3/c1-23-18-13-16(7-8-19(18)27-21(23)26)20(25)22-17-9-11-24(12-10-17)14-15-5-3-2-4-6-15/h2-8,13,17H,9-12,14H2,1H3,(H,22,25). The van der Waals surface area contributed by atoms with Gasteiger partial charge in [0.25, 0.3) is 5.91 Å². The van der Waals surface area contributed by atoms with E-state index < -0.39 is 5.76 Å². The molecule has 2 aromatic carbocycles. The number of carbonyl (C=O) groups excluding carboxylic acids is 1. The summed E-state index contributed by atoms with van der Waals surface area (Å²) in [6, 6.07) is 15.7. The summed E-state index contributed by atoms with van der Waals surface area (Å²) in [5.41, 5.74) is 2.99. The summed E-state index contributed by atoms with van der Waals surface area (Å²) in [4.78, 5) is 26.6. The van der Waals surface area contributed by atoms with Crippen LogP contribution in [0.2, 0.25) is 0 Å². The molecule has 0 saturated carbocycles. The molecule has 4 rings (SSSR count). The van der Waals surface area contributed by atoms with E-state index in [0.29, 0.717) is 16.7 Å². The highest BCUT2D eigenvalue weighted by atomic mass is 16.4. The third kappa shape index (κ3) is 3.80. The van der Waals surface area contributed by atoms with Gasteiger partial charge in [-0.15, -0.1) is 0 Å². The summed E-state index contributed by atoms with van der Waals surface area (Å²) in [6.07, 6.45) is 1.87. The number of piperidine rings is 1. The number of benzene rings is 2. The van der Waals surface area contributed by atoms with Crippen LogP contribution in [0, 0.1) is 0 Å². The number of rotatable bonds is 4. The Kier molecular flexibility index (Phi) is 4.81. The van der Waals surface area contributed by atoms with Gasteiger partial charge in [0.2, 0.25) is 0 Å². The maximum absolute atomic E-state index is 12.6. The third-order valence-corrected chi connectivity index (χ3v) is 5.23. The highest BCUT2D eigenvalue weighted by molar-refractivity contribution is 5.97. The molecule has 0 radical (unpaired) electrons. The Morgan fingerprint density at radius 1 is 1.15 bits per heavy atom. The molecule has 1 saturated heterocycles. The SMILES string of the molecule is Cn1c(=O)oc2ccc(C(=O)NC3CCN(Cc4ccccc4)CC3)cc21. The first kappa shape index (κ1) is 17.5. The van der Waals surface area contributed by atoms with Crippen LogP contribution in [0.5, 0.6) is 0 Å². The van der Waals surface area contributed by atoms with Crippen LogP contribution in [0.4, 0.5) is 0 Å². The van der Waals surface area contributed by atoms with E-state index in [4.69, 9.17) is 4.42 Å². The normalized spacial score (nSPS) is 15.9. The molecule has 1 aliphatic rings. The molecule has 1 aliphatic heterocycles. The second-order valence-electron chi connectivity index (χ2n) is 7.12. The number of nitrogens with zero attached hydrogens (tertiary/aromatic N) is 2. The molecule has 0 aliphatic carbocycles. The molecular weight excluding hydrogens is 342 g/mol. The molecule has 1 N–H and O–H groups in total. The zero-order chi connectivity index (χ0) is 18.8. The molecule has 1 amide bonds. The monoisotopic (exact) mass is 365 g/mol. The number of fused-ring (bicyclic) bond motifs is 1. The van der Waals surface area contributed by atoms with Gasteiger partial charge in [-0.2, -0.15) is 0 Å². The Bertz CT molecular complexity index is 998. The van der Waals surface area contributed by atoms with Gasteiger partial charge in [-0.1, -0.05) is 30.3 Å². The van der Waals surface area contributed by atoms with Crippen LogP contribution in [0.15, 0.2) is 57.7 Å². The molecule has 0 unspecified atom stereocenters. The minimum atomic E-state index is -0.423. The highest BCUT2D eigenvalue weighted by Gasteiger charge is 2.21. The van der Waals surface area contributed by atoms with Crippen molar-refractivity contribution in [1.29, 1.82) is 0 Å². The number of hydrogen-bond acceptors (Lipinski definition) is 4. The molecule has 6 heteroatoms. The van der Waals surface area contributed by atoms with Gasteiger partial charge >= 0.3 is 5.76 Å². The predicted octanol–water partition coefficient (Wildman–Crippen LogP) is 2.53. The van der Waals surface area contributed by atoms with Crippen LogP contribution in [0.3, 0.4) is 0 Å². The summed E-state index contributed by atoms with van der Waals surface area (Å²) in [7, 11) is 1.64. The van der Waals surface area contributed by atoms with E-state index in [-0.39, 0.29) is 11.9 Å². The van der Waals surface area contributed by atoms with Crippen LogP contribution in [-0.4, -0.2) is 34.5 Å². The predicted molar refractivity (Wildman–Crippen MR) is 104 cm³/mol. The van der Waals surface area contributed by atoms with Crippen molar-refractivity contribution in [3.8, 4) is 0 Å². The smallest absolute Gasteiger partial charge is 0.408 e. The lowest BCUT2D eigenvalue weighted by molar-refractivity contribution is 0.0909. The number of amides is 1. The Morgan fingerprint density at radius 2 is 1.89 bits per heavy atom. The van der Waals surface area contributed by atoms with Gasteiger partial charge in [0, 0.05) is 38.3 Å².